The van der Waals surface area contributed by atoms with Crippen LogP contribution in [0.1, 0.15) is 16.8 Å². The van der Waals surface area contributed by atoms with Crippen LogP contribution in [0, 0.1) is 0 Å². The summed E-state index contributed by atoms with van der Waals surface area (Å²) in [7, 11) is 1.65. The molecular weight excluding hydrogens is 234 g/mol. The van der Waals surface area contributed by atoms with Crippen molar-refractivity contribution in [2.45, 2.75) is 6.42 Å². The van der Waals surface area contributed by atoms with E-state index in [0.29, 0.717) is 25.4 Å². The van der Waals surface area contributed by atoms with Crippen LogP contribution >= 0.6 is 0 Å². The third-order valence-electron chi connectivity index (χ3n) is 2.25. The second-order valence-electron chi connectivity index (χ2n) is 3.68. The molecule has 0 aromatic carbocycles. The average molecular weight is 253 g/mol. The fourth-order valence-electron chi connectivity index (χ4n) is 1.28. The monoisotopic (exact) mass is 253 g/mol. The van der Waals surface area contributed by atoms with E-state index in [4.69, 9.17) is 15.2 Å². The number of carbonyl (C=O) groups excluding carboxylic acids is 1. The molecule has 6 nitrogen and oxygen atoms in total. The number of carbonyl (C=O) groups is 1. The van der Waals surface area contributed by atoms with Crippen LogP contribution in [0.3, 0.4) is 0 Å². The van der Waals surface area contributed by atoms with Gasteiger partial charge >= 0.3 is 0 Å². The van der Waals surface area contributed by atoms with Crippen molar-refractivity contribution in [2.24, 2.45) is 5.73 Å². The van der Waals surface area contributed by atoms with Gasteiger partial charge in [-0.3, -0.25) is 4.79 Å². The van der Waals surface area contributed by atoms with Crippen molar-refractivity contribution < 1.29 is 14.3 Å². The highest BCUT2D eigenvalue weighted by Crippen LogP contribution is 2.04. The van der Waals surface area contributed by atoms with Gasteiger partial charge in [-0.05, 0) is 18.6 Å². The Balaban J connectivity index is 2.14. The van der Waals surface area contributed by atoms with Gasteiger partial charge in [-0.1, -0.05) is 0 Å². The molecule has 0 atom stereocenters. The molecule has 6 heteroatoms. The van der Waals surface area contributed by atoms with E-state index in [1.807, 2.05) is 0 Å². The number of nitrogens with one attached hydrogen (secondary N) is 1. The van der Waals surface area contributed by atoms with Crippen molar-refractivity contribution in [3.8, 4) is 0 Å². The van der Waals surface area contributed by atoms with E-state index in [1.165, 1.54) is 6.20 Å². The lowest BCUT2D eigenvalue weighted by Gasteiger charge is -2.06. The highest BCUT2D eigenvalue weighted by molar-refractivity contribution is 5.92. The number of nitrogens with zero attached hydrogens (tertiary/aromatic N) is 1. The Morgan fingerprint density at radius 3 is 2.83 bits per heavy atom. The lowest BCUT2D eigenvalue weighted by atomic mass is 10.3. The zero-order valence-corrected chi connectivity index (χ0v) is 10.5. The molecule has 0 bridgehead atoms. The summed E-state index contributed by atoms with van der Waals surface area (Å²) in [6.45, 7) is 2.66. The van der Waals surface area contributed by atoms with Gasteiger partial charge in [0.1, 0.15) is 5.82 Å². The first-order valence-corrected chi connectivity index (χ1v) is 5.80. The van der Waals surface area contributed by atoms with Crippen LogP contribution in [0.5, 0.6) is 0 Å². The van der Waals surface area contributed by atoms with Crippen LogP contribution < -0.4 is 11.1 Å². The number of hydrogen-bond donors (Lipinski definition) is 2. The molecule has 0 fully saturated rings. The van der Waals surface area contributed by atoms with Gasteiger partial charge in [0.05, 0.1) is 18.8 Å². The lowest BCUT2D eigenvalue weighted by molar-refractivity contribution is 0.0705. The van der Waals surface area contributed by atoms with Crippen LogP contribution in [0.2, 0.25) is 0 Å². The zero-order valence-electron chi connectivity index (χ0n) is 10.5. The van der Waals surface area contributed by atoms with E-state index < -0.39 is 5.91 Å². The number of rotatable bonds is 9. The van der Waals surface area contributed by atoms with Crippen LogP contribution in [0.25, 0.3) is 0 Å². The van der Waals surface area contributed by atoms with Gasteiger partial charge in [0.15, 0.2) is 0 Å². The first-order chi connectivity index (χ1) is 8.74. The predicted octanol–water partition coefficient (Wildman–Crippen LogP) is 0.645. The predicted molar refractivity (Wildman–Crippen MR) is 68.6 cm³/mol. The van der Waals surface area contributed by atoms with E-state index in [9.17, 15) is 4.79 Å². The molecule has 3 N–H and O–H groups in total. The number of methoxy groups -OCH3 is 1. The number of aromatic nitrogens is 1. The number of pyridine rings is 1. The van der Waals surface area contributed by atoms with Gasteiger partial charge < -0.3 is 20.5 Å². The SMILES string of the molecule is COCCOCCCNc1ccc(C(N)=O)cn1. The summed E-state index contributed by atoms with van der Waals surface area (Å²) in [5, 5.41) is 3.13. The fraction of sp³-hybridized carbons (Fsp3) is 0.500. The number of ether oxygens (including phenoxy) is 2. The molecule has 1 aromatic heterocycles. The van der Waals surface area contributed by atoms with Gasteiger partial charge in [0.2, 0.25) is 5.91 Å². The number of primary amides is 1. The molecule has 1 amide bonds. The summed E-state index contributed by atoms with van der Waals surface area (Å²) in [6.07, 6.45) is 2.34. The lowest BCUT2D eigenvalue weighted by Crippen LogP contribution is -2.12. The molecular formula is C12H19N3O3. The second kappa shape index (κ2) is 8.43. The molecule has 0 saturated heterocycles. The molecule has 0 aliphatic rings. The number of hydrogen-bond acceptors (Lipinski definition) is 5. The maximum absolute atomic E-state index is 10.8. The smallest absolute Gasteiger partial charge is 0.250 e. The van der Waals surface area contributed by atoms with Gasteiger partial charge in [-0.2, -0.15) is 0 Å². The largest absolute Gasteiger partial charge is 0.382 e. The van der Waals surface area contributed by atoms with Gasteiger partial charge in [-0.15, -0.1) is 0 Å². The molecule has 100 valence electrons. The van der Waals surface area contributed by atoms with E-state index in [1.54, 1.807) is 19.2 Å². The van der Waals surface area contributed by atoms with Crippen LogP contribution in [0.4, 0.5) is 5.82 Å². The zero-order chi connectivity index (χ0) is 13.2. The van der Waals surface area contributed by atoms with Crippen molar-refractivity contribution in [3.63, 3.8) is 0 Å². The first kappa shape index (κ1) is 14.4. The Labute approximate surface area is 106 Å². The fourth-order valence-corrected chi connectivity index (χ4v) is 1.28. The third-order valence-corrected chi connectivity index (χ3v) is 2.25. The standard InChI is InChI=1S/C12H19N3O3/c1-17-7-8-18-6-2-5-14-11-4-3-10(9-15-11)12(13)16/h3-4,9H,2,5-8H2,1H3,(H2,13,16)(H,14,15). The number of amides is 1. The summed E-state index contributed by atoms with van der Waals surface area (Å²) in [5.41, 5.74) is 5.52. The van der Waals surface area contributed by atoms with E-state index >= 15 is 0 Å². The van der Waals surface area contributed by atoms with Gasteiger partial charge in [0.25, 0.3) is 0 Å². The van der Waals surface area contributed by atoms with Crippen molar-refractivity contribution >= 4 is 11.7 Å². The Morgan fingerprint density at radius 2 is 2.22 bits per heavy atom. The Morgan fingerprint density at radius 1 is 1.39 bits per heavy atom. The van der Waals surface area contributed by atoms with Crippen molar-refractivity contribution in [1.82, 2.24) is 4.98 Å². The highest BCUT2D eigenvalue weighted by atomic mass is 16.5. The number of nitrogens with two attached hydrogens (primary N) is 1. The summed E-state index contributed by atoms with van der Waals surface area (Å²) in [6, 6.07) is 3.37. The van der Waals surface area contributed by atoms with E-state index in [0.717, 1.165) is 18.8 Å². The van der Waals surface area contributed by atoms with E-state index in [-0.39, 0.29) is 0 Å². The summed E-state index contributed by atoms with van der Waals surface area (Å²) < 4.78 is 10.2. The van der Waals surface area contributed by atoms with Crippen molar-refractivity contribution in [2.75, 3.05) is 38.8 Å². The van der Waals surface area contributed by atoms with Crippen molar-refractivity contribution in [3.05, 3.63) is 23.9 Å². The quantitative estimate of drug-likeness (QED) is 0.631. The minimum atomic E-state index is -0.472. The molecule has 1 aromatic rings. The highest BCUT2D eigenvalue weighted by Gasteiger charge is 2.00. The minimum Gasteiger partial charge on any atom is -0.382 e. The molecule has 0 unspecified atom stereocenters. The van der Waals surface area contributed by atoms with Gasteiger partial charge in [0, 0.05) is 26.5 Å². The molecule has 1 heterocycles. The van der Waals surface area contributed by atoms with E-state index in [2.05, 4.69) is 10.3 Å². The van der Waals surface area contributed by atoms with Crippen LogP contribution in [0.15, 0.2) is 18.3 Å². The normalized spacial score (nSPS) is 10.3. The van der Waals surface area contributed by atoms with Gasteiger partial charge in [-0.25, -0.2) is 4.98 Å². The maximum atomic E-state index is 10.8. The molecule has 0 spiro atoms. The molecule has 0 aliphatic carbocycles. The Hall–Kier alpha value is -1.66. The molecule has 18 heavy (non-hydrogen) atoms. The minimum absolute atomic E-state index is 0.406. The second-order valence-corrected chi connectivity index (χ2v) is 3.68. The molecule has 1 rings (SSSR count). The Bertz CT molecular complexity index is 354. The van der Waals surface area contributed by atoms with Crippen molar-refractivity contribution in [1.29, 1.82) is 0 Å². The molecule has 0 saturated carbocycles. The summed E-state index contributed by atoms with van der Waals surface area (Å²) >= 11 is 0. The van der Waals surface area contributed by atoms with Crippen LogP contribution in [-0.2, 0) is 9.47 Å². The Kier molecular flexibility index (Phi) is 6.75. The summed E-state index contributed by atoms with van der Waals surface area (Å²) in [5.74, 6) is 0.248. The third kappa shape index (κ3) is 5.60. The topological polar surface area (TPSA) is 86.5 Å². The first-order valence-electron chi connectivity index (χ1n) is 5.80. The summed E-state index contributed by atoms with van der Waals surface area (Å²) in [4.78, 5) is 14.9. The maximum Gasteiger partial charge on any atom is 0.250 e. The average Bonchev–Trinajstić information content (AvgIpc) is 2.38. The number of anilines is 1. The van der Waals surface area contributed by atoms with Crippen LogP contribution in [-0.4, -0.2) is 44.4 Å². The molecule has 0 radical (unpaired) electrons. The molecule has 0 aliphatic heterocycles.